The number of hydrogen-bond acceptors (Lipinski definition) is 4. The zero-order chi connectivity index (χ0) is 22.0. The second-order valence-corrected chi connectivity index (χ2v) is 9.08. The predicted octanol–water partition coefficient (Wildman–Crippen LogP) is 5.14. The second kappa shape index (κ2) is 12.2. The number of aliphatic hydroxyl groups excluding tert-OH is 1. The Hall–Kier alpha value is -1.62. The number of carboxylic acids is 1. The number of ether oxygens (including phenoxy) is 1. The van der Waals surface area contributed by atoms with Gasteiger partial charge in [0.2, 0.25) is 0 Å². The Labute approximate surface area is 176 Å². The van der Waals surface area contributed by atoms with E-state index in [1.807, 2.05) is 6.92 Å². The molecule has 0 saturated carbocycles. The van der Waals surface area contributed by atoms with Crippen LogP contribution in [0.3, 0.4) is 0 Å². The van der Waals surface area contributed by atoms with E-state index in [2.05, 4.69) is 25.2 Å². The van der Waals surface area contributed by atoms with Gasteiger partial charge in [-0.15, -0.1) is 0 Å². The zero-order valence-electron chi connectivity index (χ0n) is 18.8. The molecule has 0 bridgehead atoms. The molecule has 0 radical (unpaired) electrons. The number of aliphatic hydroxyl groups is 1. The number of esters is 1. The Morgan fingerprint density at radius 3 is 2.59 bits per heavy atom. The van der Waals surface area contributed by atoms with Crippen LogP contribution in [0.15, 0.2) is 23.8 Å². The maximum atomic E-state index is 11.4. The molecule has 29 heavy (non-hydrogen) atoms. The Kier molecular flexibility index (Phi) is 10.7. The van der Waals surface area contributed by atoms with E-state index >= 15 is 0 Å². The summed E-state index contributed by atoms with van der Waals surface area (Å²) < 4.78 is 5.18. The summed E-state index contributed by atoms with van der Waals surface area (Å²) >= 11 is 0. The fourth-order valence-electron chi connectivity index (χ4n) is 3.77. The molecule has 4 atom stereocenters. The van der Waals surface area contributed by atoms with E-state index in [0.717, 1.165) is 12.8 Å². The highest BCUT2D eigenvalue weighted by Crippen LogP contribution is 2.41. The van der Waals surface area contributed by atoms with Gasteiger partial charge in [-0.05, 0) is 82.6 Å². The van der Waals surface area contributed by atoms with Crippen molar-refractivity contribution in [3.63, 3.8) is 0 Å². The van der Waals surface area contributed by atoms with Crippen LogP contribution in [0.2, 0.25) is 0 Å². The van der Waals surface area contributed by atoms with Crippen molar-refractivity contribution < 1.29 is 24.5 Å². The highest BCUT2D eigenvalue weighted by atomic mass is 16.5. The molecular formula is C24H40O5. The standard InChI is InChI=1S/C18H28O3.C6H12O2/c1-13-9-10-15-6-3-4-7-17(15)16(13)8-5-11-21-18(20)12-14(2)19;1-4-6(2,3)5(7)8/h6,9-10,13-14,16-17,19H,3-5,7-8,11-12H2,1-2H3;4H2,1-3H3,(H,7,8)/t13?,14-,16+,17?;/m1./s1. The van der Waals surface area contributed by atoms with Crippen molar-refractivity contribution >= 4 is 11.9 Å². The van der Waals surface area contributed by atoms with Gasteiger partial charge in [-0.1, -0.05) is 32.1 Å². The lowest BCUT2D eigenvalue weighted by Gasteiger charge is -2.37. The topological polar surface area (TPSA) is 83.8 Å². The Balaban J connectivity index is 0.000000447. The lowest BCUT2D eigenvalue weighted by Crippen LogP contribution is -2.27. The molecule has 166 valence electrons. The van der Waals surface area contributed by atoms with Gasteiger partial charge in [0.25, 0.3) is 0 Å². The molecule has 0 aliphatic heterocycles. The predicted molar refractivity (Wildman–Crippen MR) is 115 cm³/mol. The molecule has 0 aromatic heterocycles. The Morgan fingerprint density at radius 2 is 2.03 bits per heavy atom. The van der Waals surface area contributed by atoms with E-state index in [1.54, 1.807) is 20.8 Å². The Bertz CT molecular complexity index is 588. The van der Waals surface area contributed by atoms with Crippen LogP contribution in [-0.2, 0) is 14.3 Å². The smallest absolute Gasteiger partial charge is 0.309 e. The number of aliphatic carboxylic acids is 1. The monoisotopic (exact) mass is 408 g/mol. The normalized spacial score (nSPS) is 24.5. The number of carbonyl (C=O) groups excluding carboxylic acids is 1. The molecule has 5 heteroatoms. The first-order chi connectivity index (χ1) is 13.6. The van der Waals surface area contributed by atoms with E-state index in [-0.39, 0.29) is 12.4 Å². The molecule has 0 saturated heterocycles. The Morgan fingerprint density at radius 1 is 1.34 bits per heavy atom. The van der Waals surface area contributed by atoms with Crippen molar-refractivity contribution in [3.05, 3.63) is 23.8 Å². The van der Waals surface area contributed by atoms with Gasteiger partial charge in [-0.25, -0.2) is 0 Å². The lowest BCUT2D eigenvalue weighted by atomic mass is 9.68. The minimum atomic E-state index is -0.722. The van der Waals surface area contributed by atoms with Crippen molar-refractivity contribution in [1.29, 1.82) is 0 Å². The van der Waals surface area contributed by atoms with Gasteiger partial charge >= 0.3 is 11.9 Å². The molecule has 0 heterocycles. The molecule has 0 spiro atoms. The van der Waals surface area contributed by atoms with Gasteiger partial charge in [-0.2, -0.15) is 0 Å². The first kappa shape index (κ1) is 25.4. The average Bonchev–Trinajstić information content (AvgIpc) is 2.66. The maximum absolute atomic E-state index is 11.4. The number of rotatable bonds is 8. The molecule has 0 amide bonds. The second-order valence-electron chi connectivity index (χ2n) is 9.08. The minimum Gasteiger partial charge on any atom is -0.481 e. The molecule has 0 aromatic rings. The van der Waals surface area contributed by atoms with E-state index in [4.69, 9.17) is 14.9 Å². The van der Waals surface area contributed by atoms with Crippen LogP contribution >= 0.6 is 0 Å². The summed E-state index contributed by atoms with van der Waals surface area (Å²) in [5, 5.41) is 17.6. The summed E-state index contributed by atoms with van der Waals surface area (Å²) in [6.45, 7) is 9.68. The molecule has 0 fully saturated rings. The third-order valence-electron chi connectivity index (χ3n) is 6.18. The van der Waals surface area contributed by atoms with Crippen LogP contribution in [0.5, 0.6) is 0 Å². The third-order valence-corrected chi connectivity index (χ3v) is 6.18. The van der Waals surface area contributed by atoms with Crippen LogP contribution in [0.4, 0.5) is 0 Å². The van der Waals surface area contributed by atoms with Crippen LogP contribution in [-0.4, -0.2) is 34.9 Å². The summed E-state index contributed by atoms with van der Waals surface area (Å²) in [5.74, 6) is 0.974. The van der Waals surface area contributed by atoms with E-state index < -0.39 is 17.5 Å². The average molecular weight is 409 g/mol. The quantitative estimate of drug-likeness (QED) is 0.429. The molecule has 2 rings (SSSR count). The first-order valence-electron chi connectivity index (χ1n) is 11.0. The van der Waals surface area contributed by atoms with E-state index in [9.17, 15) is 9.59 Å². The molecule has 0 aromatic carbocycles. The fourth-order valence-corrected chi connectivity index (χ4v) is 3.77. The molecule has 2 unspecified atom stereocenters. The highest BCUT2D eigenvalue weighted by molar-refractivity contribution is 5.73. The van der Waals surface area contributed by atoms with Crippen molar-refractivity contribution in [1.82, 2.24) is 0 Å². The van der Waals surface area contributed by atoms with Crippen molar-refractivity contribution in [3.8, 4) is 0 Å². The number of allylic oxidation sites excluding steroid dienone is 4. The lowest BCUT2D eigenvalue weighted by molar-refractivity contribution is -0.147. The zero-order valence-corrected chi connectivity index (χ0v) is 18.8. The number of hydrogen-bond donors (Lipinski definition) is 2. The molecule has 2 N–H and O–H groups in total. The number of fused-ring (bicyclic) bond motifs is 1. The van der Waals surface area contributed by atoms with Gasteiger partial charge in [0, 0.05) is 0 Å². The van der Waals surface area contributed by atoms with Crippen LogP contribution in [0.1, 0.15) is 79.6 Å². The van der Waals surface area contributed by atoms with Gasteiger partial charge in [0.15, 0.2) is 0 Å². The largest absolute Gasteiger partial charge is 0.481 e. The fraction of sp³-hybridized carbons (Fsp3) is 0.750. The third kappa shape index (κ3) is 8.73. The van der Waals surface area contributed by atoms with Gasteiger partial charge in [-0.3, -0.25) is 9.59 Å². The van der Waals surface area contributed by atoms with Crippen LogP contribution in [0.25, 0.3) is 0 Å². The van der Waals surface area contributed by atoms with Crippen LogP contribution in [0, 0.1) is 23.2 Å². The summed E-state index contributed by atoms with van der Waals surface area (Å²) in [5.41, 5.74) is 0.982. The highest BCUT2D eigenvalue weighted by Gasteiger charge is 2.31. The van der Waals surface area contributed by atoms with Crippen molar-refractivity contribution in [2.24, 2.45) is 23.2 Å². The molecule has 2 aliphatic rings. The maximum Gasteiger partial charge on any atom is 0.309 e. The first-order valence-corrected chi connectivity index (χ1v) is 11.0. The van der Waals surface area contributed by atoms with Crippen molar-refractivity contribution in [2.75, 3.05) is 6.61 Å². The molecular weight excluding hydrogens is 368 g/mol. The summed E-state index contributed by atoms with van der Waals surface area (Å²) in [6.07, 6.45) is 13.0. The SMILES string of the molecule is CC1C=CC2=CCCCC2[C@H]1CCCOC(=O)C[C@@H](C)O.CCC(C)(C)C(=O)O. The molecule has 5 nitrogen and oxygen atoms in total. The van der Waals surface area contributed by atoms with Gasteiger partial charge in [0.05, 0.1) is 24.5 Å². The molecule has 2 aliphatic carbocycles. The summed E-state index contributed by atoms with van der Waals surface area (Å²) in [6, 6.07) is 0. The number of carboxylic acid groups (broad SMARTS) is 1. The van der Waals surface area contributed by atoms with Gasteiger partial charge < -0.3 is 14.9 Å². The minimum absolute atomic E-state index is 0.0953. The van der Waals surface area contributed by atoms with E-state index in [0.29, 0.717) is 30.8 Å². The number of carbonyl (C=O) groups is 2. The van der Waals surface area contributed by atoms with Crippen LogP contribution < -0.4 is 0 Å². The summed E-state index contributed by atoms with van der Waals surface area (Å²) in [4.78, 5) is 21.6. The van der Waals surface area contributed by atoms with E-state index in [1.165, 1.54) is 24.8 Å². The summed E-state index contributed by atoms with van der Waals surface area (Å²) in [7, 11) is 0. The van der Waals surface area contributed by atoms with Crippen molar-refractivity contribution in [2.45, 2.75) is 85.7 Å². The van der Waals surface area contributed by atoms with Gasteiger partial charge in [0.1, 0.15) is 0 Å².